The number of hydrogen-bond donors (Lipinski definition) is 0. The fraction of sp³-hybridized carbons (Fsp3) is 0.333. The lowest BCUT2D eigenvalue weighted by molar-refractivity contribution is -0.107. The summed E-state index contributed by atoms with van der Waals surface area (Å²) in [6.45, 7) is 0. The van der Waals surface area contributed by atoms with Gasteiger partial charge in [-0.3, -0.25) is 4.79 Å². The number of hydrogen-bond acceptors (Lipinski definition) is 2. The second-order valence-electron chi connectivity index (χ2n) is 2.63. The molecule has 0 aliphatic rings. The molecule has 0 atom stereocenters. The van der Waals surface area contributed by atoms with Crippen molar-refractivity contribution in [3.05, 3.63) is 24.0 Å². The third-order valence-electron chi connectivity index (χ3n) is 1.72. The molecule has 0 aliphatic heterocycles. The molecule has 0 bridgehead atoms. The number of Topliss-reactive ketones (excluding diaryl/α,β-unsaturated/α-hetero) is 1. The molecule has 64 valence electrons. The van der Waals surface area contributed by atoms with E-state index in [2.05, 4.69) is 0 Å². The van der Waals surface area contributed by atoms with Crippen LogP contribution in [0, 0.1) is 0 Å². The SMILES string of the molecule is Cn1cccc1C(=O)CCC=O. The van der Waals surface area contributed by atoms with E-state index in [1.165, 1.54) is 0 Å². The van der Waals surface area contributed by atoms with Crippen LogP contribution >= 0.6 is 0 Å². The van der Waals surface area contributed by atoms with Gasteiger partial charge in [-0.05, 0) is 12.1 Å². The number of ketones is 1. The van der Waals surface area contributed by atoms with Crippen LogP contribution < -0.4 is 0 Å². The van der Waals surface area contributed by atoms with Crippen LogP contribution in [0.5, 0.6) is 0 Å². The predicted molar refractivity (Wildman–Crippen MR) is 45.0 cm³/mol. The lowest BCUT2D eigenvalue weighted by atomic mass is 10.2. The van der Waals surface area contributed by atoms with E-state index in [4.69, 9.17) is 0 Å². The van der Waals surface area contributed by atoms with Crippen LogP contribution in [0.15, 0.2) is 18.3 Å². The zero-order valence-electron chi connectivity index (χ0n) is 6.99. The van der Waals surface area contributed by atoms with Gasteiger partial charge >= 0.3 is 0 Å². The molecule has 1 rings (SSSR count). The van der Waals surface area contributed by atoms with Crippen molar-refractivity contribution >= 4 is 12.1 Å². The zero-order chi connectivity index (χ0) is 8.97. The summed E-state index contributed by atoms with van der Waals surface area (Å²) in [5, 5.41) is 0. The Hall–Kier alpha value is -1.38. The Labute approximate surface area is 71.0 Å². The largest absolute Gasteiger partial charge is 0.348 e. The Morgan fingerprint density at radius 3 is 2.92 bits per heavy atom. The van der Waals surface area contributed by atoms with Crippen LogP contribution in [0.1, 0.15) is 23.3 Å². The molecule has 1 heterocycles. The predicted octanol–water partition coefficient (Wildman–Crippen LogP) is 1.19. The number of aldehydes is 1. The molecule has 12 heavy (non-hydrogen) atoms. The summed E-state index contributed by atoms with van der Waals surface area (Å²) < 4.78 is 1.76. The highest BCUT2D eigenvalue weighted by atomic mass is 16.1. The Kier molecular flexibility index (Phi) is 2.80. The van der Waals surface area contributed by atoms with Crippen molar-refractivity contribution in [2.45, 2.75) is 12.8 Å². The van der Waals surface area contributed by atoms with Crippen LogP contribution in [0.2, 0.25) is 0 Å². The average molecular weight is 165 g/mol. The van der Waals surface area contributed by atoms with E-state index in [0.717, 1.165) is 6.29 Å². The van der Waals surface area contributed by atoms with Gasteiger partial charge < -0.3 is 9.36 Å². The molecule has 1 aromatic heterocycles. The average Bonchev–Trinajstić information content (AvgIpc) is 2.47. The van der Waals surface area contributed by atoms with Crippen molar-refractivity contribution in [1.29, 1.82) is 0 Å². The summed E-state index contributed by atoms with van der Waals surface area (Å²) in [6, 6.07) is 3.57. The van der Waals surface area contributed by atoms with Gasteiger partial charge in [0.2, 0.25) is 0 Å². The molecule has 0 N–H and O–H groups in total. The van der Waals surface area contributed by atoms with Crippen LogP contribution in [0.25, 0.3) is 0 Å². The number of aromatic nitrogens is 1. The molecule has 0 fully saturated rings. The molecule has 0 saturated carbocycles. The van der Waals surface area contributed by atoms with E-state index in [-0.39, 0.29) is 5.78 Å². The first-order valence-electron chi connectivity index (χ1n) is 3.84. The van der Waals surface area contributed by atoms with Gasteiger partial charge in [-0.15, -0.1) is 0 Å². The van der Waals surface area contributed by atoms with E-state index in [9.17, 15) is 9.59 Å². The summed E-state index contributed by atoms with van der Waals surface area (Å²) in [5.41, 5.74) is 0.664. The number of rotatable bonds is 4. The maximum Gasteiger partial charge on any atom is 0.179 e. The summed E-state index contributed by atoms with van der Waals surface area (Å²) >= 11 is 0. The monoisotopic (exact) mass is 165 g/mol. The van der Waals surface area contributed by atoms with Crippen molar-refractivity contribution in [2.75, 3.05) is 0 Å². The Morgan fingerprint density at radius 2 is 2.42 bits per heavy atom. The van der Waals surface area contributed by atoms with Crippen LogP contribution in [-0.4, -0.2) is 16.6 Å². The Balaban J connectivity index is 2.65. The number of nitrogens with zero attached hydrogens (tertiary/aromatic N) is 1. The standard InChI is InChI=1S/C9H11NO2/c1-10-6-2-4-8(10)9(12)5-3-7-11/h2,4,6-7H,3,5H2,1H3. The maximum atomic E-state index is 11.3. The molecule has 0 radical (unpaired) electrons. The first-order valence-corrected chi connectivity index (χ1v) is 3.84. The number of carbonyl (C=O) groups excluding carboxylic acids is 2. The number of aryl methyl sites for hydroxylation is 1. The van der Waals surface area contributed by atoms with E-state index in [1.807, 2.05) is 19.3 Å². The zero-order valence-corrected chi connectivity index (χ0v) is 6.99. The quantitative estimate of drug-likeness (QED) is 0.496. The molecule has 0 aliphatic carbocycles. The highest BCUT2D eigenvalue weighted by Crippen LogP contribution is 2.04. The third-order valence-corrected chi connectivity index (χ3v) is 1.72. The van der Waals surface area contributed by atoms with Crippen molar-refractivity contribution in [2.24, 2.45) is 7.05 Å². The van der Waals surface area contributed by atoms with Gasteiger partial charge in [0.1, 0.15) is 6.29 Å². The van der Waals surface area contributed by atoms with Crippen LogP contribution in [0.4, 0.5) is 0 Å². The minimum absolute atomic E-state index is 0.0228. The van der Waals surface area contributed by atoms with Crippen molar-refractivity contribution < 1.29 is 9.59 Å². The van der Waals surface area contributed by atoms with Crippen LogP contribution in [0.3, 0.4) is 0 Å². The van der Waals surface area contributed by atoms with E-state index in [1.54, 1.807) is 10.6 Å². The molecule has 0 unspecified atom stereocenters. The summed E-state index contributed by atoms with van der Waals surface area (Å²) in [6.07, 6.45) is 3.19. The topological polar surface area (TPSA) is 39.1 Å². The lowest BCUT2D eigenvalue weighted by Crippen LogP contribution is -2.04. The highest BCUT2D eigenvalue weighted by molar-refractivity contribution is 5.95. The molecule has 0 amide bonds. The normalized spacial score (nSPS) is 9.75. The molecule has 3 nitrogen and oxygen atoms in total. The first kappa shape index (κ1) is 8.71. The van der Waals surface area contributed by atoms with Crippen molar-refractivity contribution in [1.82, 2.24) is 4.57 Å². The second-order valence-corrected chi connectivity index (χ2v) is 2.63. The molecule has 1 aromatic rings. The van der Waals surface area contributed by atoms with Gasteiger partial charge in [0.05, 0.1) is 5.69 Å². The van der Waals surface area contributed by atoms with E-state index < -0.39 is 0 Å². The summed E-state index contributed by atoms with van der Waals surface area (Å²) in [7, 11) is 1.81. The molecule has 0 spiro atoms. The Bertz CT molecular complexity index is 288. The lowest BCUT2D eigenvalue weighted by Gasteiger charge is -1.99. The first-order chi connectivity index (χ1) is 5.75. The Morgan fingerprint density at radius 1 is 1.67 bits per heavy atom. The van der Waals surface area contributed by atoms with Gasteiger partial charge in [-0.1, -0.05) is 0 Å². The molecule has 0 aromatic carbocycles. The minimum atomic E-state index is 0.0228. The smallest absolute Gasteiger partial charge is 0.179 e. The number of carbonyl (C=O) groups is 2. The van der Waals surface area contributed by atoms with Gasteiger partial charge in [0.25, 0.3) is 0 Å². The van der Waals surface area contributed by atoms with E-state index in [0.29, 0.717) is 18.5 Å². The van der Waals surface area contributed by atoms with Crippen molar-refractivity contribution in [3.63, 3.8) is 0 Å². The second kappa shape index (κ2) is 3.85. The third kappa shape index (κ3) is 1.81. The highest BCUT2D eigenvalue weighted by Gasteiger charge is 2.07. The maximum absolute atomic E-state index is 11.3. The van der Waals surface area contributed by atoms with Gasteiger partial charge in [0, 0.05) is 26.1 Å². The van der Waals surface area contributed by atoms with Crippen molar-refractivity contribution in [3.8, 4) is 0 Å². The molecule has 0 saturated heterocycles. The molecule has 3 heteroatoms. The summed E-state index contributed by atoms with van der Waals surface area (Å²) in [5.74, 6) is 0.0228. The molecular formula is C9H11NO2. The fourth-order valence-corrected chi connectivity index (χ4v) is 1.07. The van der Waals surface area contributed by atoms with E-state index >= 15 is 0 Å². The fourth-order valence-electron chi connectivity index (χ4n) is 1.07. The van der Waals surface area contributed by atoms with Gasteiger partial charge in [-0.25, -0.2) is 0 Å². The van der Waals surface area contributed by atoms with Gasteiger partial charge in [0.15, 0.2) is 5.78 Å². The summed E-state index contributed by atoms with van der Waals surface area (Å²) in [4.78, 5) is 21.3. The van der Waals surface area contributed by atoms with Crippen LogP contribution in [-0.2, 0) is 11.8 Å². The molecular weight excluding hydrogens is 154 g/mol. The minimum Gasteiger partial charge on any atom is -0.348 e. The van der Waals surface area contributed by atoms with Gasteiger partial charge in [-0.2, -0.15) is 0 Å².